The third-order valence-corrected chi connectivity index (χ3v) is 7.00. The van der Waals surface area contributed by atoms with Gasteiger partial charge in [-0.1, -0.05) is 36.4 Å². The molecule has 3 heterocycles. The van der Waals surface area contributed by atoms with Gasteiger partial charge >= 0.3 is 0 Å². The Morgan fingerprint density at radius 3 is 2.67 bits per heavy atom. The van der Waals surface area contributed by atoms with Gasteiger partial charge in [-0.25, -0.2) is 0 Å². The van der Waals surface area contributed by atoms with E-state index in [1.165, 1.54) is 34.3 Å². The van der Waals surface area contributed by atoms with E-state index in [1.807, 2.05) is 0 Å². The van der Waals surface area contributed by atoms with E-state index in [1.54, 1.807) is 0 Å². The van der Waals surface area contributed by atoms with E-state index in [9.17, 15) is 0 Å². The van der Waals surface area contributed by atoms with Gasteiger partial charge in [-0.15, -0.1) is 0 Å². The van der Waals surface area contributed by atoms with E-state index < -0.39 is 0 Å². The Labute approximate surface area is 178 Å². The van der Waals surface area contributed by atoms with Gasteiger partial charge in [0.25, 0.3) is 0 Å². The van der Waals surface area contributed by atoms with Gasteiger partial charge < -0.3 is 14.7 Å². The lowest BCUT2D eigenvalue weighted by atomic mass is 10.0. The van der Waals surface area contributed by atoms with Crippen LogP contribution >= 0.6 is 0 Å². The van der Waals surface area contributed by atoms with Gasteiger partial charge in [-0.2, -0.15) is 0 Å². The summed E-state index contributed by atoms with van der Waals surface area (Å²) in [5.74, 6) is 0.539. The molecule has 4 nitrogen and oxygen atoms in total. The molecule has 1 saturated heterocycles. The van der Waals surface area contributed by atoms with E-state index in [4.69, 9.17) is 4.98 Å². The summed E-state index contributed by atoms with van der Waals surface area (Å²) in [6.07, 6.45) is 5.81. The van der Waals surface area contributed by atoms with Gasteiger partial charge in [0, 0.05) is 73.2 Å². The SMILES string of the molecule is CN1CCN(c2cccc3c2CN(C2CC2c2ccc4ccccc4n2)C=C3)CC1. The molecule has 2 aromatic carbocycles. The maximum absolute atomic E-state index is 4.96. The van der Waals surface area contributed by atoms with Gasteiger partial charge in [0.15, 0.2) is 0 Å². The van der Waals surface area contributed by atoms with Crippen LogP contribution in [0.4, 0.5) is 5.69 Å². The zero-order chi connectivity index (χ0) is 20.1. The summed E-state index contributed by atoms with van der Waals surface area (Å²) in [5.41, 5.74) is 6.64. The molecule has 3 aliphatic rings. The summed E-state index contributed by atoms with van der Waals surface area (Å²) in [5, 5.41) is 1.22. The third-order valence-electron chi connectivity index (χ3n) is 7.00. The second-order valence-corrected chi connectivity index (χ2v) is 8.96. The Kier molecular flexibility index (Phi) is 4.27. The van der Waals surface area contributed by atoms with Gasteiger partial charge in [-0.05, 0) is 43.3 Å². The van der Waals surface area contributed by atoms with E-state index in [-0.39, 0.29) is 0 Å². The van der Waals surface area contributed by atoms with Crippen LogP contribution in [0.3, 0.4) is 0 Å². The Bertz CT molecular complexity index is 1110. The number of pyridine rings is 1. The van der Waals surface area contributed by atoms with Crippen LogP contribution in [0, 0.1) is 0 Å². The van der Waals surface area contributed by atoms with Crippen molar-refractivity contribution in [3.8, 4) is 0 Å². The monoisotopic (exact) mass is 396 g/mol. The van der Waals surface area contributed by atoms with Crippen molar-refractivity contribution in [1.29, 1.82) is 0 Å². The minimum atomic E-state index is 0.539. The highest BCUT2D eigenvalue weighted by Gasteiger charge is 2.43. The summed E-state index contributed by atoms with van der Waals surface area (Å²) in [6, 6.07) is 20.2. The standard InChI is InChI=1S/C26H28N4/c1-28-13-15-29(16-14-28)25-8-4-6-19-11-12-30(18-22(19)25)26-17-21(26)24-10-9-20-5-2-3-7-23(20)27-24/h2-12,21,26H,13-18H2,1H3. The molecule has 1 aromatic heterocycles. The first-order valence-electron chi connectivity index (χ1n) is 11.1. The van der Waals surface area contributed by atoms with Crippen LogP contribution in [0.5, 0.6) is 0 Å². The van der Waals surface area contributed by atoms with E-state index in [0.717, 1.165) is 38.2 Å². The summed E-state index contributed by atoms with van der Waals surface area (Å²) in [4.78, 5) is 12.5. The lowest BCUT2D eigenvalue weighted by molar-refractivity contribution is 0.311. The zero-order valence-corrected chi connectivity index (χ0v) is 17.5. The van der Waals surface area contributed by atoms with E-state index in [2.05, 4.69) is 88.6 Å². The normalized spacial score (nSPS) is 23.6. The molecule has 2 aliphatic heterocycles. The molecule has 3 aromatic rings. The fourth-order valence-corrected chi connectivity index (χ4v) is 5.06. The molecule has 6 rings (SSSR count). The first-order valence-corrected chi connectivity index (χ1v) is 11.1. The Morgan fingerprint density at radius 1 is 0.900 bits per heavy atom. The maximum atomic E-state index is 4.96. The number of likely N-dealkylation sites (N-methyl/N-ethyl adjacent to an activating group) is 1. The predicted molar refractivity (Wildman–Crippen MR) is 124 cm³/mol. The molecule has 2 unspecified atom stereocenters. The number of hydrogen-bond acceptors (Lipinski definition) is 4. The first-order chi connectivity index (χ1) is 14.8. The first kappa shape index (κ1) is 18.0. The highest BCUT2D eigenvalue weighted by molar-refractivity contribution is 5.78. The maximum Gasteiger partial charge on any atom is 0.0705 e. The van der Waals surface area contributed by atoms with Crippen molar-refractivity contribution in [2.75, 3.05) is 38.1 Å². The molecule has 1 saturated carbocycles. The van der Waals surface area contributed by atoms with Gasteiger partial charge in [0.05, 0.1) is 5.52 Å². The molecular formula is C26H28N4. The van der Waals surface area contributed by atoms with Gasteiger partial charge in [0.1, 0.15) is 0 Å². The van der Waals surface area contributed by atoms with E-state index >= 15 is 0 Å². The second-order valence-electron chi connectivity index (χ2n) is 8.96. The van der Waals surface area contributed by atoms with Crippen molar-refractivity contribution in [2.45, 2.75) is 24.9 Å². The average molecular weight is 397 g/mol. The molecule has 0 radical (unpaired) electrons. The molecule has 1 aliphatic carbocycles. The minimum absolute atomic E-state index is 0.539. The van der Waals surface area contributed by atoms with Crippen LogP contribution in [0.25, 0.3) is 17.0 Å². The zero-order valence-electron chi connectivity index (χ0n) is 17.5. The second kappa shape index (κ2) is 7.13. The number of hydrogen-bond donors (Lipinski definition) is 0. The van der Waals surface area contributed by atoms with Crippen LogP contribution in [0.15, 0.2) is 60.8 Å². The number of fused-ring (bicyclic) bond motifs is 2. The third kappa shape index (κ3) is 3.16. The molecular weight excluding hydrogens is 368 g/mol. The number of rotatable bonds is 3. The minimum Gasteiger partial charge on any atom is -0.369 e. The largest absolute Gasteiger partial charge is 0.369 e. The predicted octanol–water partition coefficient (Wildman–Crippen LogP) is 4.33. The highest BCUT2D eigenvalue weighted by Crippen LogP contribution is 2.46. The lowest BCUT2D eigenvalue weighted by Gasteiger charge is -2.37. The van der Waals surface area contributed by atoms with E-state index in [0.29, 0.717) is 12.0 Å². The molecule has 30 heavy (non-hydrogen) atoms. The fourth-order valence-electron chi connectivity index (χ4n) is 5.06. The van der Waals surface area contributed by atoms with Crippen LogP contribution in [-0.4, -0.2) is 54.1 Å². The number of aromatic nitrogens is 1. The van der Waals surface area contributed by atoms with Crippen LogP contribution in [-0.2, 0) is 6.54 Å². The van der Waals surface area contributed by atoms with Crippen molar-refractivity contribution in [3.63, 3.8) is 0 Å². The Morgan fingerprint density at radius 2 is 1.77 bits per heavy atom. The number of anilines is 1. The van der Waals surface area contributed by atoms with Crippen molar-refractivity contribution in [3.05, 3.63) is 77.6 Å². The van der Waals surface area contributed by atoms with Crippen molar-refractivity contribution in [2.24, 2.45) is 0 Å². The van der Waals surface area contributed by atoms with Crippen molar-refractivity contribution in [1.82, 2.24) is 14.8 Å². The topological polar surface area (TPSA) is 22.6 Å². The number of nitrogens with zero attached hydrogens (tertiary/aromatic N) is 4. The lowest BCUT2D eigenvalue weighted by Crippen LogP contribution is -2.45. The summed E-state index contributed by atoms with van der Waals surface area (Å²) >= 11 is 0. The molecule has 2 atom stereocenters. The molecule has 0 bridgehead atoms. The summed E-state index contributed by atoms with van der Waals surface area (Å²) in [7, 11) is 2.22. The smallest absolute Gasteiger partial charge is 0.0705 e. The van der Waals surface area contributed by atoms with Crippen LogP contribution < -0.4 is 4.90 Å². The molecule has 152 valence electrons. The number of para-hydroxylation sites is 1. The van der Waals surface area contributed by atoms with Crippen molar-refractivity contribution >= 4 is 22.7 Å². The Hall–Kier alpha value is -2.85. The molecule has 2 fully saturated rings. The fraction of sp³-hybridized carbons (Fsp3) is 0.346. The van der Waals surface area contributed by atoms with Gasteiger partial charge in [0.2, 0.25) is 0 Å². The Balaban J connectivity index is 1.23. The molecule has 0 N–H and O–H groups in total. The number of piperazine rings is 1. The van der Waals surface area contributed by atoms with Crippen LogP contribution in [0.2, 0.25) is 0 Å². The summed E-state index contributed by atoms with van der Waals surface area (Å²) < 4.78 is 0. The highest BCUT2D eigenvalue weighted by atomic mass is 15.3. The molecule has 4 heteroatoms. The van der Waals surface area contributed by atoms with Crippen molar-refractivity contribution < 1.29 is 0 Å². The molecule has 0 spiro atoms. The quantitative estimate of drug-likeness (QED) is 0.657. The van der Waals surface area contributed by atoms with Gasteiger partial charge in [-0.3, -0.25) is 4.98 Å². The molecule has 0 amide bonds. The summed E-state index contributed by atoms with van der Waals surface area (Å²) in [6.45, 7) is 5.51. The number of benzene rings is 2. The average Bonchev–Trinajstić information content (AvgIpc) is 3.60. The van der Waals surface area contributed by atoms with Crippen LogP contribution in [0.1, 0.15) is 29.2 Å².